The maximum absolute atomic E-state index is 13.2. The number of nitrogens with two attached hydrogens (primary N) is 1. The van der Waals surface area contributed by atoms with Crippen LogP contribution in [0.4, 0.5) is 5.69 Å². The maximum Gasteiger partial charge on any atom is 0.252 e. The van der Waals surface area contributed by atoms with Gasteiger partial charge in [-0.3, -0.25) is 9.79 Å². The quantitative estimate of drug-likeness (QED) is 0.630. The standard InChI is InChI=1S/C26H34N4O2/c1-16-8-9-22(30-10-7-11-30)15-24(16)26(31)29-18(3)20-12-21(14-23(13-20)32-6)25(17(2)27)19(4)28-5/h8-9,12-15,18H,7,10-11,27H2,1-6H3,(H,29,31)/b25-17+,28-19?/t18-/m1/s1. The number of aliphatic imine (C=N–C) groups is 1. The normalized spacial score (nSPS) is 15.6. The Labute approximate surface area is 191 Å². The highest BCUT2D eigenvalue weighted by atomic mass is 16.5. The molecule has 0 radical (unpaired) electrons. The molecule has 0 spiro atoms. The fraction of sp³-hybridized carbons (Fsp3) is 0.385. The Morgan fingerprint density at radius 3 is 2.47 bits per heavy atom. The molecule has 6 heteroatoms. The highest BCUT2D eigenvalue weighted by Crippen LogP contribution is 2.29. The van der Waals surface area contributed by atoms with Gasteiger partial charge in [-0.25, -0.2) is 0 Å². The van der Waals surface area contributed by atoms with Crippen molar-refractivity contribution in [1.82, 2.24) is 5.32 Å². The van der Waals surface area contributed by atoms with Gasteiger partial charge in [0.15, 0.2) is 0 Å². The predicted octanol–water partition coefficient (Wildman–Crippen LogP) is 4.49. The number of benzene rings is 2. The van der Waals surface area contributed by atoms with Crippen LogP contribution in [0.15, 0.2) is 47.1 Å². The summed E-state index contributed by atoms with van der Waals surface area (Å²) in [5.74, 6) is 0.621. The number of amides is 1. The zero-order valence-electron chi connectivity index (χ0n) is 20.0. The van der Waals surface area contributed by atoms with Gasteiger partial charge in [-0.1, -0.05) is 6.07 Å². The minimum Gasteiger partial charge on any atom is -0.497 e. The maximum atomic E-state index is 13.2. The van der Waals surface area contributed by atoms with E-state index in [4.69, 9.17) is 10.5 Å². The molecule has 170 valence electrons. The van der Waals surface area contributed by atoms with Gasteiger partial charge in [0.1, 0.15) is 5.75 Å². The summed E-state index contributed by atoms with van der Waals surface area (Å²) < 4.78 is 5.54. The van der Waals surface area contributed by atoms with Crippen molar-refractivity contribution in [3.63, 3.8) is 0 Å². The minimum absolute atomic E-state index is 0.0844. The summed E-state index contributed by atoms with van der Waals surface area (Å²) in [6, 6.07) is 11.8. The molecule has 0 unspecified atom stereocenters. The number of aryl methyl sites for hydroxylation is 1. The molecule has 2 aromatic carbocycles. The molecule has 0 bridgehead atoms. The molecule has 1 saturated heterocycles. The molecule has 0 saturated carbocycles. The fourth-order valence-corrected chi connectivity index (χ4v) is 3.95. The molecular formula is C26H34N4O2. The van der Waals surface area contributed by atoms with Crippen LogP contribution in [0.1, 0.15) is 60.3 Å². The Bertz CT molecular complexity index is 1060. The van der Waals surface area contributed by atoms with E-state index in [2.05, 4.69) is 21.3 Å². The van der Waals surface area contributed by atoms with E-state index in [1.165, 1.54) is 6.42 Å². The highest BCUT2D eigenvalue weighted by molar-refractivity contribution is 6.23. The number of methoxy groups -OCH3 is 1. The van der Waals surface area contributed by atoms with Crippen molar-refractivity contribution >= 4 is 22.9 Å². The molecule has 1 aliphatic rings. The molecule has 3 N–H and O–H groups in total. The van der Waals surface area contributed by atoms with Crippen LogP contribution < -0.4 is 20.7 Å². The van der Waals surface area contributed by atoms with Crippen molar-refractivity contribution < 1.29 is 9.53 Å². The first-order valence-electron chi connectivity index (χ1n) is 11.0. The molecule has 6 nitrogen and oxygen atoms in total. The zero-order valence-corrected chi connectivity index (χ0v) is 20.0. The lowest BCUT2D eigenvalue weighted by Gasteiger charge is -2.33. The Balaban J connectivity index is 1.90. The summed E-state index contributed by atoms with van der Waals surface area (Å²) in [5.41, 5.74) is 13.2. The third kappa shape index (κ3) is 4.96. The van der Waals surface area contributed by atoms with Gasteiger partial charge in [-0.2, -0.15) is 0 Å². The number of nitrogens with zero attached hydrogens (tertiary/aromatic N) is 2. The Kier molecular flexibility index (Phi) is 7.23. The summed E-state index contributed by atoms with van der Waals surface area (Å²) in [4.78, 5) is 19.8. The van der Waals surface area contributed by atoms with Crippen molar-refractivity contribution in [2.24, 2.45) is 10.7 Å². The third-order valence-electron chi connectivity index (χ3n) is 6.08. The van der Waals surface area contributed by atoms with Crippen molar-refractivity contribution in [3.8, 4) is 5.75 Å². The second kappa shape index (κ2) is 9.90. The van der Waals surface area contributed by atoms with E-state index in [1.807, 2.05) is 58.0 Å². The lowest BCUT2D eigenvalue weighted by atomic mass is 9.95. The third-order valence-corrected chi connectivity index (χ3v) is 6.08. The van der Waals surface area contributed by atoms with E-state index in [1.54, 1.807) is 14.2 Å². The SMILES string of the molecule is CN=C(C)/C(=C(/C)N)c1cc(OC)cc([C@@H](C)NC(=O)c2cc(N3CCC3)ccc2C)c1. The number of anilines is 1. The molecule has 1 fully saturated rings. The number of ether oxygens (including phenoxy) is 1. The predicted molar refractivity (Wildman–Crippen MR) is 133 cm³/mol. The molecule has 1 atom stereocenters. The molecule has 0 aliphatic carbocycles. The van der Waals surface area contributed by atoms with Crippen LogP contribution in [-0.4, -0.2) is 38.9 Å². The van der Waals surface area contributed by atoms with Crippen LogP contribution in [0.25, 0.3) is 5.57 Å². The van der Waals surface area contributed by atoms with Crippen LogP contribution >= 0.6 is 0 Å². The molecule has 2 aromatic rings. The molecular weight excluding hydrogens is 400 g/mol. The van der Waals surface area contributed by atoms with E-state index in [9.17, 15) is 4.79 Å². The number of allylic oxidation sites excluding steroid dienone is 2. The van der Waals surface area contributed by atoms with E-state index < -0.39 is 0 Å². The summed E-state index contributed by atoms with van der Waals surface area (Å²) in [6.45, 7) is 9.84. The Morgan fingerprint density at radius 2 is 1.91 bits per heavy atom. The smallest absolute Gasteiger partial charge is 0.252 e. The first kappa shape index (κ1) is 23.4. The summed E-state index contributed by atoms with van der Waals surface area (Å²) >= 11 is 0. The van der Waals surface area contributed by atoms with Gasteiger partial charge in [0, 0.05) is 48.4 Å². The van der Waals surface area contributed by atoms with Crippen molar-refractivity contribution in [1.29, 1.82) is 0 Å². The average Bonchev–Trinajstić information content (AvgIpc) is 2.73. The van der Waals surface area contributed by atoms with Crippen molar-refractivity contribution in [2.45, 2.75) is 40.2 Å². The van der Waals surface area contributed by atoms with Gasteiger partial charge in [-0.15, -0.1) is 0 Å². The summed E-state index contributed by atoms with van der Waals surface area (Å²) in [7, 11) is 3.38. The van der Waals surface area contributed by atoms with Crippen molar-refractivity contribution in [3.05, 3.63) is 64.3 Å². The van der Waals surface area contributed by atoms with Gasteiger partial charge in [0.25, 0.3) is 5.91 Å². The monoisotopic (exact) mass is 434 g/mol. The molecule has 3 rings (SSSR count). The number of hydrogen-bond donors (Lipinski definition) is 2. The number of carbonyl (C=O) groups is 1. The second-order valence-electron chi connectivity index (χ2n) is 8.40. The van der Waals surface area contributed by atoms with E-state index in [0.717, 1.165) is 46.8 Å². The molecule has 32 heavy (non-hydrogen) atoms. The molecule has 0 aromatic heterocycles. The fourth-order valence-electron chi connectivity index (χ4n) is 3.95. The van der Waals surface area contributed by atoms with Gasteiger partial charge < -0.3 is 20.7 Å². The van der Waals surface area contributed by atoms with Crippen molar-refractivity contribution in [2.75, 3.05) is 32.1 Å². The lowest BCUT2D eigenvalue weighted by Crippen LogP contribution is -2.37. The highest BCUT2D eigenvalue weighted by Gasteiger charge is 2.20. The Morgan fingerprint density at radius 1 is 1.19 bits per heavy atom. The van der Waals surface area contributed by atoms with Crippen LogP contribution in [-0.2, 0) is 0 Å². The number of hydrogen-bond acceptors (Lipinski definition) is 5. The van der Waals surface area contributed by atoms with E-state index in [-0.39, 0.29) is 11.9 Å². The summed E-state index contributed by atoms with van der Waals surface area (Å²) in [6.07, 6.45) is 1.20. The van der Waals surface area contributed by atoms with Gasteiger partial charge >= 0.3 is 0 Å². The number of nitrogens with one attached hydrogen (secondary N) is 1. The van der Waals surface area contributed by atoms with Crippen LogP contribution in [0.2, 0.25) is 0 Å². The van der Waals surface area contributed by atoms with E-state index in [0.29, 0.717) is 17.0 Å². The van der Waals surface area contributed by atoms with Crippen LogP contribution in [0, 0.1) is 6.92 Å². The second-order valence-corrected chi connectivity index (χ2v) is 8.40. The topological polar surface area (TPSA) is 80.0 Å². The molecule has 1 heterocycles. The van der Waals surface area contributed by atoms with Gasteiger partial charge in [0.2, 0.25) is 0 Å². The largest absolute Gasteiger partial charge is 0.497 e. The minimum atomic E-state index is -0.221. The first-order chi connectivity index (χ1) is 15.2. The van der Waals surface area contributed by atoms with Crippen LogP contribution in [0.3, 0.4) is 0 Å². The number of rotatable bonds is 7. The van der Waals surface area contributed by atoms with Gasteiger partial charge in [-0.05, 0) is 81.1 Å². The first-order valence-corrected chi connectivity index (χ1v) is 11.0. The lowest BCUT2D eigenvalue weighted by molar-refractivity contribution is 0.0939. The molecule has 1 aliphatic heterocycles. The van der Waals surface area contributed by atoms with E-state index >= 15 is 0 Å². The van der Waals surface area contributed by atoms with Gasteiger partial charge in [0.05, 0.1) is 13.2 Å². The van der Waals surface area contributed by atoms with Crippen LogP contribution in [0.5, 0.6) is 5.75 Å². The number of carbonyl (C=O) groups excluding carboxylic acids is 1. The average molecular weight is 435 g/mol. The molecule has 1 amide bonds. The summed E-state index contributed by atoms with van der Waals surface area (Å²) in [5, 5.41) is 3.15. The Hall–Kier alpha value is -3.28. The zero-order chi connectivity index (χ0) is 23.4.